The predicted molar refractivity (Wildman–Crippen MR) is 46.9 cm³/mol. The van der Waals surface area contributed by atoms with Gasteiger partial charge in [-0.05, 0) is 13.3 Å². The van der Waals surface area contributed by atoms with E-state index in [4.69, 9.17) is 5.11 Å². The second kappa shape index (κ2) is 3.83. The van der Waals surface area contributed by atoms with Crippen molar-refractivity contribution in [2.45, 2.75) is 32.8 Å². The first-order valence-electron chi connectivity index (χ1n) is 3.84. The maximum absolute atomic E-state index is 9.07. The molecule has 1 aromatic heterocycles. The zero-order chi connectivity index (χ0) is 8.27. The largest absolute Gasteiger partial charge is 0.393 e. The summed E-state index contributed by atoms with van der Waals surface area (Å²) in [6.45, 7) is 3.89. The molecule has 1 rings (SSSR count). The fourth-order valence-corrected chi connectivity index (χ4v) is 1.88. The van der Waals surface area contributed by atoms with Crippen LogP contribution in [0.4, 0.5) is 0 Å². The summed E-state index contributed by atoms with van der Waals surface area (Å²) in [4.78, 5) is 5.37. The van der Waals surface area contributed by atoms with Gasteiger partial charge in [-0.1, -0.05) is 6.92 Å². The number of thiazole rings is 1. The molecule has 0 saturated heterocycles. The molecular weight excluding hydrogens is 158 g/mol. The summed E-state index contributed by atoms with van der Waals surface area (Å²) in [5.41, 5.74) is 0. The molecule has 0 spiro atoms. The molecule has 0 aromatic carbocycles. The molecule has 0 aliphatic heterocycles. The molecule has 2 nitrogen and oxygen atoms in total. The van der Waals surface area contributed by atoms with Crippen LogP contribution in [0.5, 0.6) is 0 Å². The van der Waals surface area contributed by atoms with Gasteiger partial charge >= 0.3 is 0 Å². The topological polar surface area (TPSA) is 33.1 Å². The Kier molecular flexibility index (Phi) is 3.02. The van der Waals surface area contributed by atoms with Crippen molar-refractivity contribution in [2.75, 3.05) is 0 Å². The Hall–Kier alpha value is -0.410. The van der Waals surface area contributed by atoms with Crippen LogP contribution in [0, 0.1) is 0 Å². The predicted octanol–water partition coefficient (Wildman–Crippen LogP) is 1.63. The Morgan fingerprint density at radius 3 is 2.91 bits per heavy atom. The Balaban J connectivity index is 2.58. The maximum atomic E-state index is 9.07. The highest BCUT2D eigenvalue weighted by atomic mass is 32.1. The monoisotopic (exact) mass is 171 g/mol. The molecule has 1 aromatic rings. The van der Waals surface area contributed by atoms with Crippen LogP contribution in [0.1, 0.15) is 23.7 Å². The molecule has 1 atom stereocenters. The van der Waals surface area contributed by atoms with E-state index < -0.39 is 0 Å². The van der Waals surface area contributed by atoms with Crippen LogP contribution in [0.15, 0.2) is 6.20 Å². The lowest BCUT2D eigenvalue weighted by Gasteiger charge is -1.97. The average Bonchev–Trinajstić information content (AvgIpc) is 2.34. The van der Waals surface area contributed by atoms with E-state index in [1.165, 1.54) is 4.88 Å². The van der Waals surface area contributed by atoms with Gasteiger partial charge in [0.1, 0.15) is 0 Å². The minimum atomic E-state index is -0.250. The van der Waals surface area contributed by atoms with Crippen molar-refractivity contribution in [3.8, 4) is 0 Å². The van der Waals surface area contributed by atoms with Crippen LogP contribution in [-0.4, -0.2) is 16.2 Å². The van der Waals surface area contributed by atoms with Gasteiger partial charge in [-0.25, -0.2) is 4.98 Å². The van der Waals surface area contributed by atoms with Crippen LogP contribution in [0.2, 0.25) is 0 Å². The lowest BCUT2D eigenvalue weighted by atomic mass is 10.3. The molecule has 0 radical (unpaired) electrons. The Morgan fingerprint density at radius 2 is 2.45 bits per heavy atom. The third kappa shape index (κ3) is 2.60. The Bertz CT molecular complexity index is 220. The molecule has 0 bridgehead atoms. The van der Waals surface area contributed by atoms with Crippen LogP contribution in [-0.2, 0) is 12.8 Å². The highest BCUT2D eigenvalue weighted by molar-refractivity contribution is 7.11. The summed E-state index contributed by atoms with van der Waals surface area (Å²) in [6.07, 6.45) is 3.33. The molecule has 1 heterocycles. The molecule has 0 saturated carbocycles. The average molecular weight is 171 g/mol. The van der Waals surface area contributed by atoms with Crippen LogP contribution < -0.4 is 0 Å². The van der Waals surface area contributed by atoms with Gasteiger partial charge in [-0.3, -0.25) is 0 Å². The van der Waals surface area contributed by atoms with Crippen molar-refractivity contribution in [1.29, 1.82) is 0 Å². The van der Waals surface area contributed by atoms with Crippen molar-refractivity contribution >= 4 is 11.3 Å². The van der Waals surface area contributed by atoms with Gasteiger partial charge < -0.3 is 5.11 Å². The number of rotatable bonds is 3. The Morgan fingerprint density at radius 1 is 1.73 bits per heavy atom. The minimum absolute atomic E-state index is 0.250. The standard InChI is InChI=1S/C8H13NOS/c1-3-8-9-5-7(11-8)4-6(2)10/h5-6,10H,3-4H2,1-2H3. The first kappa shape index (κ1) is 8.68. The number of aliphatic hydroxyl groups excluding tert-OH is 1. The fraction of sp³-hybridized carbons (Fsp3) is 0.625. The smallest absolute Gasteiger partial charge is 0.0924 e. The fourth-order valence-electron chi connectivity index (χ4n) is 0.897. The van der Waals surface area contributed by atoms with Gasteiger partial charge in [0, 0.05) is 17.5 Å². The van der Waals surface area contributed by atoms with Crippen molar-refractivity contribution < 1.29 is 5.11 Å². The Labute approximate surface area is 70.9 Å². The van der Waals surface area contributed by atoms with E-state index in [9.17, 15) is 0 Å². The number of aryl methyl sites for hydroxylation is 1. The number of aromatic nitrogens is 1. The second-order valence-corrected chi connectivity index (χ2v) is 3.83. The van der Waals surface area contributed by atoms with E-state index in [1.54, 1.807) is 18.3 Å². The SMILES string of the molecule is CCc1ncc(CC(C)O)s1. The zero-order valence-electron chi connectivity index (χ0n) is 6.87. The second-order valence-electron chi connectivity index (χ2n) is 2.63. The molecule has 0 fully saturated rings. The van der Waals surface area contributed by atoms with E-state index in [0.717, 1.165) is 17.8 Å². The molecule has 11 heavy (non-hydrogen) atoms. The number of hydrogen-bond acceptors (Lipinski definition) is 3. The maximum Gasteiger partial charge on any atom is 0.0924 e. The number of nitrogens with zero attached hydrogens (tertiary/aromatic N) is 1. The summed E-state index contributed by atoms with van der Waals surface area (Å²) < 4.78 is 0. The molecule has 3 heteroatoms. The van der Waals surface area contributed by atoms with Crippen molar-refractivity contribution in [3.05, 3.63) is 16.1 Å². The molecule has 0 aliphatic rings. The van der Waals surface area contributed by atoms with E-state index in [2.05, 4.69) is 11.9 Å². The quantitative estimate of drug-likeness (QED) is 0.749. The zero-order valence-corrected chi connectivity index (χ0v) is 7.69. The molecule has 0 aliphatic carbocycles. The van der Waals surface area contributed by atoms with Gasteiger partial charge in [0.05, 0.1) is 11.1 Å². The van der Waals surface area contributed by atoms with E-state index in [1.807, 2.05) is 6.20 Å². The summed E-state index contributed by atoms with van der Waals surface area (Å²) in [5, 5.41) is 10.2. The van der Waals surface area contributed by atoms with Crippen LogP contribution in [0.3, 0.4) is 0 Å². The summed E-state index contributed by atoms with van der Waals surface area (Å²) >= 11 is 1.69. The molecule has 62 valence electrons. The van der Waals surface area contributed by atoms with Gasteiger partial charge in [0.25, 0.3) is 0 Å². The molecule has 1 N–H and O–H groups in total. The third-order valence-corrected chi connectivity index (χ3v) is 2.56. The van der Waals surface area contributed by atoms with Gasteiger partial charge in [0.2, 0.25) is 0 Å². The highest BCUT2D eigenvalue weighted by Gasteiger charge is 2.02. The van der Waals surface area contributed by atoms with Crippen LogP contribution >= 0.6 is 11.3 Å². The van der Waals surface area contributed by atoms with Gasteiger partial charge in [0.15, 0.2) is 0 Å². The number of hydrogen-bond donors (Lipinski definition) is 1. The first-order chi connectivity index (χ1) is 5.22. The molecule has 0 amide bonds. The van der Waals surface area contributed by atoms with Crippen molar-refractivity contribution in [3.63, 3.8) is 0 Å². The van der Waals surface area contributed by atoms with E-state index in [0.29, 0.717) is 0 Å². The summed E-state index contributed by atoms with van der Waals surface area (Å²) in [6, 6.07) is 0. The van der Waals surface area contributed by atoms with Gasteiger partial charge in [-0.15, -0.1) is 11.3 Å². The lowest BCUT2D eigenvalue weighted by molar-refractivity contribution is 0.196. The minimum Gasteiger partial charge on any atom is -0.393 e. The summed E-state index contributed by atoms with van der Waals surface area (Å²) in [7, 11) is 0. The lowest BCUT2D eigenvalue weighted by Crippen LogP contribution is -2.01. The van der Waals surface area contributed by atoms with Crippen LogP contribution in [0.25, 0.3) is 0 Å². The van der Waals surface area contributed by atoms with E-state index >= 15 is 0 Å². The van der Waals surface area contributed by atoms with Gasteiger partial charge in [-0.2, -0.15) is 0 Å². The summed E-state index contributed by atoms with van der Waals surface area (Å²) in [5.74, 6) is 0. The van der Waals surface area contributed by atoms with E-state index in [-0.39, 0.29) is 6.10 Å². The van der Waals surface area contributed by atoms with Crippen molar-refractivity contribution in [1.82, 2.24) is 4.98 Å². The number of aliphatic hydroxyl groups is 1. The normalized spacial score (nSPS) is 13.4. The highest BCUT2D eigenvalue weighted by Crippen LogP contribution is 2.14. The molecule has 1 unspecified atom stereocenters. The molecular formula is C8H13NOS. The first-order valence-corrected chi connectivity index (χ1v) is 4.65. The van der Waals surface area contributed by atoms with Crippen molar-refractivity contribution in [2.24, 2.45) is 0 Å². The third-order valence-electron chi connectivity index (χ3n) is 1.40.